The van der Waals surface area contributed by atoms with Gasteiger partial charge in [-0.2, -0.15) is 0 Å². The average Bonchev–Trinajstić information content (AvgIpc) is 3.26. The molecule has 0 spiro atoms. The van der Waals surface area contributed by atoms with Gasteiger partial charge in [-0.05, 0) is 60.7 Å². The van der Waals surface area contributed by atoms with E-state index in [0.717, 1.165) is 33.8 Å². The van der Waals surface area contributed by atoms with Crippen molar-refractivity contribution in [2.45, 2.75) is 0 Å². The Labute approximate surface area is 178 Å². The highest BCUT2D eigenvalue weighted by molar-refractivity contribution is 5.83. The van der Waals surface area contributed by atoms with Crippen LogP contribution in [0.25, 0.3) is 22.6 Å². The van der Waals surface area contributed by atoms with Crippen molar-refractivity contribution in [3.8, 4) is 11.5 Å². The molecule has 0 fully saturated rings. The van der Waals surface area contributed by atoms with E-state index in [1.54, 1.807) is 24.8 Å². The lowest BCUT2D eigenvalue weighted by Crippen LogP contribution is -1.84. The second-order valence-electron chi connectivity index (χ2n) is 6.74. The van der Waals surface area contributed by atoms with Crippen molar-refractivity contribution in [3.05, 3.63) is 103 Å². The summed E-state index contributed by atoms with van der Waals surface area (Å²) in [5, 5.41) is 0. The molecule has 0 N–H and O–H groups in total. The first-order valence-electron chi connectivity index (χ1n) is 9.75. The average molecular weight is 403 g/mol. The largest absolute Gasteiger partial charge is 0.436 e. The quantitative estimate of drug-likeness (QED) is 0.348. The second kappa shape index (κ2) is 8.51. The van der Waals surface area contributed by atoms with Crippen molar-refractivity contribution in [3.63, 3.8) is 0 Å². The van der Waals surface area contributed by atoms with E-state index in [1.807, 2.05) is 78.9 Å². The van der Waals surface area contributed by atoms with Crippen LogP contribution in [0.3, 0.4) is 0 Å². The van der Waals surface area contributed by atoms with E-state index in [2.05, 4.69) is 24.9 Å². The number of rotatable bonds is 5. The van der Waals surface area contributed by atoms with Crippen LogP contribution in [-0.2, 0) is 0 Å². The van der Waals surface area contributed by atoms with Crippen LogP contribution >= 0.6 is 0 Å². The van der Waals surface area contributed by atoms with Gasteiger partial charge in [0.15, 0.2) is 5.58 Å². The van der Waals surface area contributed by atoms with Crippen molar-refractivity contribution < 1.29 is 4.42 Å². The maximum atomic E-state index is 5.97. The van der Waals surface area contributed by atoms with E-state index < -0.39 is 0 Å². The Hall–Kier alpha value is -4.45. The maximum Gasteiger partial charge on any atom is 0.227 e. The monoisotopic (exact) mass is 403 g/mol. The standard InChI is InChI=1S/C25H17N5O/c1-3-13-26-21(5-1)16-28-19-9-7-18(8-10-19)25-30-23-12-11-20(15-24(23)31-25)29-17-22-6-2-4-14-27-22/h1-17H. The van der Waals surface area contributed by atoms with Crippen LogP contribution in [0.15, 0.2) is 106 Å². The molecule has 3 aromatic heterocycles. The number of nitrogens with zero attached hydrogens (tertiary/aromatic N) is 5. The minimum absolute atomic E-state index is 0.557. The van der Waals surface area contributed by atoms with Gasteiger partial charge in [-0.25, -0.2) is 4.98 Å². The van der Waals surface area contributed by atoms with E-state index in [0.29, 0.717) is 11.5 Å². The number of fused-ring (bicyclic) bond motifs is 1. The Morgan fingerprint density at radius 3 is 1.97 bits per heavy atom. The zero-order chi connectivity index (χ0) is 20.9. The van der Waals surface area contributed by atoms with E-state index in [1.165, 1.54) is 0 Å². The van der Waals surface area contributed by atoms with Crippen molar-refractivity contribution in [2.75, 3.05) is 0 Å². The zero-order valence-electron chi connectivity index (χ0n) is 16.5. The molecule has 0 amide bonds. The predicted molar refractivity (Wildman–Crippen MR) is 122 cm³/mol. The molecule has 0 aliphatic rings. The third-order valence-corrected chi connectivity index (χ3v) is 4.55. The lowest BCUT2D eigenvalue weighted by molar-refractivity contribution is 0.620. The number of hydrogen-bond donors (Lipinski definition) is 0. The minimum atomic E-state index is 0.557. The molecular formula is C25H17N5O. The number of hydrogen-bond acceptors (Lipinski definition) is 6. The first-order chi connectivity index (χ1) is 15.3. The lowest BCUT2D eigenvalue weighted by atomic mass is 10.2. The van der Waals surface area contributed by atoms with Gasteiger partial charge in [-0.1, -0.05) is 12.1 Å². The molecular weight excluding hydrogens is 386 g/mol. The fourth-order valence-electron chi connectivity index (χ4n) is 2.99. The third kappa shape index (κ3) is 4.43. The topological polar surface area (TPSA) is 76.5 Å². The van der Waals surface area contributed by atoms with Crippen LogP contribution in [0.4, 0.5) is 11.4 Å². The molecule has 6 nitrogen and oxygen atoms in total. The Kier molecular flexibility index (Phi) is 5.10. The molecule has 0 saturated heterocycles. The van der Waals surface area contributed by atoms with Gasteiger partial charge >= 0.3 is 0 Å². The molecule has 5 rings (SSSR count). The van der Waals surface area contributed by atoms with Crippen LogP contribution in [0.1, 0.15) is 11.4 Å². The summed E-state index contributed by atoms with van der Waals surface area (Å²) in [6, 6.07) is 24.8. The number of oxazole rings is 1. The van der Waals surface area contributed by atoms with Gasteiger partial charge < -0.3 is 4.42 Å². The van der Waals surface area contributed by atoms with Gasteiger partial charge in [0, 0.05) is 24.0 Å². The van der Waals surface area contributed by atoms with E-state index in [4.69, 9.17) is 4.42 Å². The molecule has 6 heteroatoms. The van der Waals surface area contributed by atoms with Crippen molar-refractivity contribution in [1.82, 2.24) is 15.0 Å². The van der Waals surface area contributed by atoms with Crippen LogP contribution in [0, 0.1) is 0 Å². The highest BCUT2D eigenvalue weighted by Gasteiger charge is 2.09. The van der Waals surface area contributed by atoms with E-state index >= 15 is 0 Å². The molecule has 0 aliphatic heterocycles. The van der Waals surface area contributed by atoms with Crippen LogP contribution in [0.2, 0.25) is 0 Å². The molecule has 31 heavy (non-hydrogen) atoms. The minimum Gasteiger partial charge on any atom is -0.436 e. The fraction of sp³-hybridized carbons (Fsp3) is 0. The Morgan fingerprint density at radius 1 is 0.677 bits per heavy atom. The lowest BCUT2D eigenvalue weighted by Gasteiger charge is -1.97. The zero-order valence-corrected chi connectivity index (χ0v) is 16.5. The normalized spacial score (nSPS) is 11.6. The summed E-state index contributed by atoms with van der Waals surface area (Å²) in [4.78, 5) is 22.0. The summed E-state index contributed by atoms with van der Waals surface area (Å²) < 4.78 is 5.97. The predicted octanol–water partition coefficient (Wildman–Crippen LogP) is 5.79. The summed E-state index contributed by atoms with van der Waals surface area (Å²) in [7, 11) is 0. The number of aromatic nitrogens is 3. The van der Waals surface area contributed by atoms with E-state index in [-0.39, 0.29) is 0 Å². The first-order valence-corrected chi connectivity index (χ1v) is 9.75. The first kappa shape index (κ1) is 18.6. The second-order valence-corrected chi connectivity index (χ2v) is 6.74. The van der Waals surface area contributed by atoms with Crippen molar-refractivity contribution >= 4 is 34.9 Å². The van der Waals surface area contributed by atoms with Gasteiger partial charge in [0.25, 0.3) is 0 Å². The van der Waals surface area contributed by atoms with Gasteiger partial charge in [0.1, 0.15) is 5.52 Å². The van der Waals surface area contributed by atoms with Crippen LogP contribution in [-0.4, -0.2) is 27.4 Å². The number of pyridine rings is 2. The molecule has 0 aliphatic carbocycles. The molecule has 0 unspecified atom stereocenters. The van der Waals surface area contributed by atoms with Gasteiger partial charge in [0.05, 0.1) is 35.2 Å². The van der Waals surface area contributed by atoms with Crippen molar-refractivity contribution in [2.24, 2.45) is 9.98 Å². The molecule has 0 radical (unpaired) electrons. The number of benzene rings is 2. The summed E-state index contributed by atoms with van der Waals surface area (Å²) in [6.45, 7) is 0. The molecule has 148 valence electrons. The highest BCUT2D eigenvalue weighted by atomic mass is 16.3. The summed E-state index contributed by atoms with van der Waals surface area (Å²) in [6.07, 6.45) is 6.94. The smallest absolute Gasteiger partial charge is 0.227 e. The summed E-state index contributed by atoms with van der Waals surface area (Å²) in [5.74, 6) is 0.557. The SMILES string of the molecule is C(=Nc1ccc(-c2nc3ccc(N=Cc4ccccn4)cc3o2)cc1)c1ccccn1. The van der Waals surface area contributed by atoms with E-state index in [9.17, 15) is 0 Å². The summed E-state index contributed by atoms with van der Waals surface area (Å²) >= 11 is 0. The molecule has 2 aromatic carbocycles. The molecule has 0 bridgehead atoms. The van der Waals surface area contributed by atoms with Crippen molar-refractivity contribution in [1.29, 1.82) is 0 Å². The maximum absolute atomic E-state index is 5.97. The highest BCUT2D eigenvalue weighted by Crippen LogP contribution is 2.28. The fourth-order valence-corrected chi connectivity index (χ4v) is 2.99. The molecule has 0 saturated carbocycles. The summed E-state index contributed by atoms with van der Waals surface area (Å²) in [5.41, 5.74) is 5.56. The van der Waals surface area contributed by atoms with Crippen LogP contribution in [0.5, 0.6) is 0 Å². The Bertz CT molecular complexity index is 1360. The van der Waals surface area contributed by atoms with Gasteiger partial charge in [-0.15, -0.1) is 0 Å². The Balaban J connectivity index is 1.35. The third-order valence-electron chi connectivity index (χ3n) is 4.55. The molecule has 0 atom stereocenters. The molecule has 5 aromatic rings. The molecule has 3 heterocycles. The number of aliphatic imine (C=N–C) groups is 2. The van der Waals surface area contributed by atoms with Gasteiger partial charge in [0.2, 0.25) is 5.89 Å². The van der Waals surface area contributed by atoms with Gasteiger partial charge in [-0.3, -0.25) is 20.0 Å². The Morgan fingerprint density at radius 2 is 1.32 bits per heavy atom. The van der Waals surface area contributed by atoms with Crippen LogP contribution < -0.4 is 0 Å².